The van der Waals surface area contributed by atoms with E-state index in [4.69, 9.17) is 15.5 Å². The molecule has 4 aromatic rings. The van der Waals surface area contributed by atoms with Crippen molar-refractivity contribution in [3.05, 3.63) is 42.2 Å². The van der Waals surface area contributed by atoms with Crippen LogP contribution in [-0.2, 0) is 16.6 Å². The smallest absolute Gasteiger partial charge is 0.167 e. The molecule has 0 unspecified atom stereocenters. The van der Waals surface area contributed by atoms with E-state index in [0.29, 0.717) is 30.4 Å². The van der Waals surface area contributed by atoms with Gasteiger partial charge in [-0.2, -0.15) is 0 Å². The minimum absolute atomic E-state index is 0.0695. The molecular weight excluding hydrogens is 600 g/mol. The topological polar surface area (TPSA) is 252 Å². The Morgan fingerprint density at radius 1 is 1.04 bits per heavy atom. The van der Waals surface area contributed by atoms with Crippen molar-refractivity contribution in [1.29, 1.82) is 0 Å². The average molecular weight is 643 g/mol. The van der Waals surface area contributed by atoms with Gasteiger partial charge in [0.05, 0.1) is 43.8 Å². The van der Waals surface area contributed by atoms with Crippen molar-refractivity contribution in [2.24, 2.45) is 5.92 Å². The second-order valence-corrected chi connectivity index (χ2v) is 12.9. The SMILES string of the molecule is CC(CO)(CO)c1ccc2[nH]c(CCC3CC(N(C[C@H]4O[C@@H](n5cnc6c(N)ncnc65)[C@H](O)[C@@H]4O)C(O)(CO)CO)C3)nc2c1. The summed E-state index contributed by atoms with van der Waals surface area (Å²) < 4.78 is 7.55. The average Bonchev–Trinajstić information content (AvgIpc) is 3.74. The third-order valence-electron chi connectivity index (χ3n) is 9.78. The largest absolute Gasteiger partial charge is 0.395 e. The second kappa shape index (κ2) is 12.7. The molecule has 4 heterocycles. The highest BCUT2D eigenvalue weighted by molar-refractivity contribution is 5.81. The number of aromatic nitrogens is 6. The number of benzene rings is 1. The Balaban J connectivity index is 1.11. The Hall–Kier alpha value is -3.32. The predicted octanol–water partition coefficient (Wildman–Crippen LogP) is -1.47. The number of rotatable bonds is 13. The van der Waals surface area contributed by atoms with Gasteiger partial charge in [-0.3, -0.25) is 9.47 Å². The van der Waals surface area contributed by atoms with Gasteiger partial charge >= 0.3 is 0 Å². The van der Waals surface area contributed by atoms with Crippen molar-refractivity contribution >= 4 is 28.0 Å². The molecule has 6 rings (SSSR count). The van der Waals surface area contributed by atoms with Gasteiger partial charge in [0.1, 0.15) is 36.0 Å². The standard InChI is InChI=1S/C30H42N8O8/c1-29(10-39,11-40)17-3-4-19-20(8-17)36-22(35-19)5-2-16-6-18(7-16)38(30(45,12-41)13-42)9-21-24(43)25(44)28(46-21)37-15-34-23-26(31)32-14-33-27(23)37/h3-4,8,14-16,18,21,24-25,28,39-45H,2,5-7,9-13H2,1H3,(H,35,36)(H2,31,32,33)/t16?,18?,21-,24-,25-,28-/m1/s1. The van der Waals surface area contributed by atoms with Crippen molar-refractivity contribution < 1.29 is 40.5 Å². The van der Waals surface area contributed by atoms with Crippen LogP contribution in [0.5, 0.6) is 0 Å². The summed E-state index contributed by atoms with van der Waals surface area (Å²) in [7, 11) is 0. The van der Waals surface area contributed by atoms with E-state index in [0.717, 1.165) is 28.8 Å². The summed E-state index contributed by atoms with van der Waals surface area (Å²) in [5.41, 5.74) is 6.22. The third kappa shape index (κ3) is 5.74. The lowest BCUT2D eigenvalue weighted by Gasteiger charge is -2.50. The number of nitrogens with one attached hydrogen (secondary N) is 1. The maximum absolute atomic E-state index is 11.2. The number of nitrogens with two attached hydrogens (primary N) is 1. The number of hydrogen-bond acceptors (Lipinski definition) is 14. The Morgan fingerprint density at radius 2 is 1.78 bits per heavy atom. The van der Waals surface area contributed by atoms with Crippen LogP contribution in [0.1, 0.15) is 43.8 Å². The number of hydrogen-bond donors (Lipinski definition) is 9. The zero-order chi connectivity index (χ0) is 32.8. The van der Waals surface area contributed by atoms with Gasteiger partial charge in [0, 0.05) is 24.4 Å². The number of fused-ring (bicyclic) bond motifs is 2. The lowest BCUT2D eigenvalue weighted by molar-refractivity contribution is -0.206. The van der Waals surface area contributed by atoms with Gasteiger partial charge in [0.2, 0.25) is 0 Å². The first kappa shape index (κ1) is 32.6. The molecule has 10 N–H and O–H groups in total. The van der Waals surface area contributed by atoms with E-state index in [1.807, 2.05) is 18.2 Å². The molecule has 0 radical (unpaired) electrons. The van der Waals surface area contributed by atoms with Crippen LogP contribution in [0.25, 0.3) is 22.2 Å². The van der Waals surface area contributed by atoms with E-state index in [9.17, 15) is 35.7 Å². The first-order valence-electron chi connectivity index (χ1n) is 15.4. The summed E-state index contributed by atoms with van der Waals surface area (Å²) in [6.45, 7) is -0.135. The summed E-state index contributed by atoms with van der Waals surface area (Å²) in [6.07, 6.45) is 0.743. The van der Waals surface area contributed by atoms with Gasteiger partial charge in [-0.15, -0.1) is 0 Å². The Kier molecular flexibility index (Phi) is 9.01. The van der Waals surface area contributed by atoms with Gasteiger partial charge in [0.15, 0.2) is 23.4 Å². The van der Waals surface area contributed by atoms with Crippen molar-refractivity contribution in [3.63, 3.8) is 0 Å². The monoisotopic (exact) mass is 642 g/mol. The number of H-pyrrole nitrogens is 1. The van der Waals surface area contributed by atoms with E-state index < -0.39 is 48.9 Å². The quantitative estimate of drug-likeness (QED) is 0.0756. The Bertz CT molecular complexity index is 1650. The van der Waals surface area contributed by atoms with Crippen LogP contribution >= 0.6 is 0 Å². The van der Waals surface area contributed by atoms with Gasteiger partial charge in [0.25, 0.3) is 0 Å². The van der Waals surface area contributed by atoms with Crippen molar-refractivity contribution in [3.8, 4) is 0 Å². The molecule has 16 nitrogen and oxygen atoms in total. The van der Waals surface area contributed by atoms with Gasteiger partial charge in [-0.25, -0.2) is 19.9 Å². The maximum Gasteiger partial charge on any atom is 0.167 e. The number of aryl methyl sites for hydroxylation is 1. The van der Waals surface area contributed by atoms with E-state index >= 15 is 0 Å². The molecule has 0 spiro atoms. The zero-order valence-corrected chi connectivity index (χ0v) is 25.5. The number of ether oxygens (including phenoxy) is 1. The summed E-state index contributed by atoms with van der Waals surface area (Å²) in [5, 5.41) is 72.7. The number of imidazole rings is 2. The number of aliphatic hydroxyl groups is 7. The number of aromatic amines is 1. The fourth-order valence-corrected chi connectivity index (χ4v) is 6.57. The lowest BCUT2D eigenvalue weighted by atomic mass is 9.75. The van der Waals surface area contributed by atoms with Gasteiger partial charge in [-0.1, -0.05) is 13.0 Å². The minimum Gasteiger partial charge on any atom is -0.395 e. The molecule has 2 aliphatic rings. The number of aliphatic hydroxyl groups excluding tert-OH is 6. The molecule has 0 amide bonds. The van der Waals surface area contributed by atoms with E-state index in [1.165, 1.54) is 17.2 Å². The molecule has 250 valence electrons. The lowest BCUT2D eigenvalue weighted by Crippen LogP contribution is -2.63. The molecule has 46 heavy (non-hydrogen) atoms. The molecule has 1 aliphatic carbocycles. The van der Waals surface area contributed by atoms with Crippen LogP contribution in [-0.4, -0.2) is 133 Å². The van der Waals surface area contributed by atoms with Crippen LogP contribution < -0.4 is 5.73 Å². The van der Waals surface area contributed by atoms with Crippen molar-refractivity contribution in [2.45, 2.75) is 74.3 Å². The van der Waals surface area contributed by atoms with Crippen LogP contribution in [0, 0.1) is 5.92 Å². The first-order valence-corrected chi connectivity index (χ1v) is 15.4. The number of nitrogen functional groups attached to an aromatic ring is 1. The summed E-state index contributed by atoms with van der Waals surface area (Å²) in [4.78, 5) is 21.9. The van der Waals surface area contributed by atoms with Crippen LogP contribution in [0.3, 0.4) is 0 Å². The minimum atomic E-state index is -1.97. The van der Waals surface area contributed by atoms with Crippen LogP contribution in [0.4, 0.5) is 5.82 Å². The second-order valence-electron chi connectivity index (χ2n) is 12.9. The molecule has 3 aromatic heterocycles. The number of nitrogens with zero attached hydrogens (tertiary/aromatic N) is 6. The first-order chi connectivity index (χ1) is 22.0. The van der Waals surface area contributed by atoms with Crippen LogP contribution in [0.2, 0.25) is 0 Å². The summed E-state index contributed by atoms with van der Waals surface area (Å²) >= 11 is 0. The normalized spacial score (nSPS) is 25.6. The maximum atomic E-state index is 11.2. The van der Waals surface area contributed by atoms with Gasteiger partial charge in [-0.05, 0) is 42.9 Å². The van der Waals surface area contributed by atoms with E-state index in [2.05, 4.69) is 19.9 Å². The highest BCUT2D eigenvalue weighted by Gasteiger charge is 2.50. The Labute approximate surface area is 264 Å². The van der Waals surface area contributed by atoms with Crippen molar-refractivity contribution in [2.75, 3.05) is 38.7 Å². The molecule has 16 heteroatoms. The molecule has 1 saturated carbocycles. The fourth-order valence-electron chi connectivity index (χ4n) is 6.57. The zero-order valence-electron chi connectivity index (χ0n) is 25.5. The number of anilines is 1. The third-order valence-corrected chi connectivity index (χ3v) is 9.78. The molecule has 1 saturated heterocycles. The molecule has 0 bridgehead atoms. The molecule has 4 atom stereocenters. The van der Waals surface area contributed by atoms with Crippen molar-refractivity contribution in [1.82, 2.24) is 34.4 Å². The molecule has 1 aromatic carbocycles. The Morgan fingerprint density at radius 3 is 2.48 bits per heavy atom. The predicted molar refractivity (Wildman–Crippen MR) is 164 cm³/mol. The summed E-state index contributed by atoms with van der Waals surface area (Å²) in [6, 6.07) is 5.42. The molecular formula is C30H42N8O8. The highest BCUT2D eigenvalue weighted by Crippen LogP contribution is 2.40. The fraction of sp³-hybridized carbons (Fsp3) is 0.600. The summed E-state index contributed by atoms with van der Waals surface area (Å²) in [5.74, 6) is 1.25. The van der Waals surface area contributed by atoms with Crippen LogP contribution in [0.15, 0.2) is 30.9 Å². The highest BCUT2D eigenvalue weighted by atomic mass is 16.6. The van der Waals surface area contributed by atoms with E-state index in [-0.39, 0.29) is 37.5 Å². The molecule has 1 aliphatic heterocycles. The van der Waals surface area contributed by atoms with Gasteiger partial charge < -0.3 is 51.2 Å². The van der Waals surface area contributed by atoms with E-state index in [1.54, 1.807) is 11.8 Å². The molecule has 2 fully saturated rings.